The highest BCUT2D eigenvalue weighted by Crippen LogP contribution is 2.21. The first-order valence-corrected chi connectivity index (χ1v) is 7.72. The molecule has 0 saturated carbocycles. The van der Waals surface area contributed by atoms with Gasteiger partial charge in [0.2, 0.25) is 0 Å². The number of hydrogen-bond donors (Lipinski definition) is 1. The molecule has 1 aliphatic rings. The van der Waals surface area contributed by atoms with Gasteiger partial charge in [0.25, 0.3) is 5.91 Å². The van der Waals surface area contributed by atoms with Crippen LogP contribution >= 0.6 is 0 Å². The molecular weight excluding hydrogens is 292 g/mol. The lowest BCUT2D eigenvalue weighted by Gasteiger charge is -2.14. The van der Waals surface area contributed by atoms with Crippen molar-refractivity contribution in [1.82, 2.24) is 15.0 Å². The molecular formula is C17H16N4O2. The number of anilines is 1. The van der Waals surface area contributed by atoms with Crippen molar-refractivity contribution >= 4 is 22.7 Å². The summed E-state index contributed by atoms with van der Waals surface area (Å²) in [4.78, 5) is 25.5. The van der Waals surface area contributed by atoms with Gasteiger partial charge >= 0.3 is 0 Å². The summed E-state index contributed by atoms with van der Waals surface area (Å²) >= 11 is 0. The van der Waals surface area contributed by atoms with Gasteiger partial charge in [0.15, 0.2) is 11.5 Å². The zero-order chi connectivity index (χ0) is 15.8. The maximum absolute atomic E-state index is 12.4. The van der Waals surface area contributed by atoms with E-state index in [1.54, 1.807) is 25.3 Å². The van der Waals surface area contributed by atoms with E-state index in [4.69, 9.17) is 4.42 Å². The number of carbonyl (C=O) groups is 1. The van der Waals surface area contributed by atoms with Crippen molar-refractivity contribution in [3.05, 3.63) is 47.4 Å². The lowest BCUT2D eigenvalue weighted by atomic mass is 10.0. The van der Waals surface area contributed by atoms with Crippen LogP contribution in [0.3, 0.4) is 0 Å². The third kappa shape index (κ3) is 2.67. The molecule has 3 aromatic rings. The molecule has 0 bridgehead atoms. The summed E-state index contributed by atoms with van der Waals surface area (Å²) in [6.45, 7) is 1.79. The molecule has 0 saturated heterocycles. The van der Waals surface area contributed by atoms with Gasteiger partial charge in [-0.15, -0.1) is 0 Å². The number of amides is 1. The van der Waals surface area contributed by atoms with Crippen molar-refractivity contribution in [1.29, 1.82) is 0 Å². The van der Waals surface area contributed by atoms with E-state index in [2.05, 4.69) is 20.3 Å². The smallest absolute Gasteiger partial charge is 0.275 e. The number of hydrogen-bond acceptors (Lipinski definition) is 5. The van der Waals surface area contributed by atoms with Gasteiger partial charge in [-0.2, -0.15) is 0 Å². The summed E-state index contributed by atoms with van der Waals surface area (Å²) in [6, 6.07) is 5.38. The van der Waals surface area contributed by atoms with E-state index in [9.17, 15) is 4.79 Å². The summed E-state index contributed by atoms with van der Waals surface area (Å²) in [5, 5.41) is 2.84. The van der Waals surface area contributed by atoms with Crippen LogP contribution in [-0.2, 0) is 12.8 Å². The fourth-order valence-electron chi connectivity index (χ4n) is 2.87. The lowest BCUT2D eigenvalue weighted by Crippen LogP contribution is -2.17. The number of rotatable bonds is 2. The van der Waals surface area contributed by atoms with Crippen molar-refractivity contribution in [2.45, 2.75) is 32.6 Å². The third-order valence-electron chi connectivity index (χ3n) is 3.99. The highest BCUT2D eigenvalue weighted by Gasteiger charge is 2.16. The molecule has 0 fully saturated rings. The number of carbonyl (C=O) groups excluding carboxylic acids is 1. The van der Waals surface area contributed by atoms with E-state index in [-0.39, 0.29) is 5.91 Å². The van der Waals surface area contributed by atoms with Crippen LogP contribution in [0.4, 0.5) is 5.69 Å². The Morgan fingerprint density at radius 3 is 2.87 bits per heavy atom. The van der Waals surface area contributed by atoms with Crippen molar-refractivity contribution in [3.63, 3.8) is 0 Å². The minimum atomic E-state index is -0.263. The Bertz CT molecular complexity index is 901. The average molecular weight is 308 g/mol. The van der Waals surface area contributed by atoms with Crippen molar-refractivity contribution in [3.8, 4) is 0 Å². The normalized spacial score (nSPS) is 13.8. The van der Waals surface area contributed by atoms with Crippen molar-refractivity contribution in [2.24, 2.45) is 0 Å². The Kier molecular flexibility index (Phi) is 3.29. The second-order valence-electron chi connectivity index (χ2n) is 5.73. The van der Waals surface area contributed by atoms with E-state index in [1.807, 2.05) is 6.07 Å². The molecule has 23 heavy (non-hydrogen) atoms. The molecule has 116 valence electrons. The standard InChI is InChI=1S/C17H16N4O2/c1-10-19-14-7-6-11(8-16(14)23-10)20-17(22)15-9-18-12-4-2-3-5-13(12)21-15/h6-9H,2-5H2,1H3,(H,20,22). The van der Waals surface area contributed by atoms with Crippen LogP contribution < -0.4 is 5.32 Å². The Balaban J connectivity index is 1.58. The minimum Gasteiger partial charge on any atom is -0.441 e. The van der Waals surface area contributed by atoms with Gasteiger partial charge in [-0.3, -0.25) is 9.78 Å². The SMILES string of the molecule is Cc1nc2ccc(NC(=O)c3cnc4c(n3)CCCC4)cc2o1. The minimum absolute atomic E-state index is 0.263. The monoisotopic (exact) mass is 308 g/mol. The van der Waals surface area contributed by atoms with Gasteiger partial charge in [0.05, 0.1) is 17.6 Å². The zero-order valence-corrected chi connectivity index (χ0v) is 12.8. The van der Waals surface area contributed by atoms with Crippen LogP contribution in [-0.4, -0.2) is 20.9 Å². The first-order valence-electron chi connectivity index (χ1n) is 7.72. The Hall–Kier alpha value is -2.76. The summed E-state index contributed by atoms with van der Waals surface area (Å²) in [5.41, 5.74) is 4.39. The third-order valence-corrected chi connectivity index (χ3v) is 3.99. The number of nitrogens with zero attached hydrogens (tertiary/aromatic N) is 3. The van der Waals surface area contributed by atoms with Crippen LogP contribution in [0.15, 0.2) is 28.8 Å². The number of fused-ring (bicyclic) bond motifs is 2. The quantitative estimate of drug-likeness (QED) is 0.787. The predicted molar refractivity (Wildman–Crippen MR) is 85.4 cm³/mol. The number of oxazole rings is 1. The topological polar surface area (TPSA) is 80.9 Å². The molecule has 0 radical (unpaired) electrons. The first kappa shape index (κ1) is 13.9. The molecule has 0 atom stereocenters. The first-order chi connectivity index (χ1) is 11.2. The number of benzene rings is 1. The van der Waals surface area contributed by atoms with Gasteiger partial charge < -0.3 is 9.73 Å². The fourth-order valence-corrected chi connectivity index (χ4v) is 2.87. The second-order valence-corrected chi connectivity index (χ2v) is 5.73. The maximum atomic E-state index is 12.4. The van der Waals surface area contributed by atoms with Crippen LogP contribution in [0.25, 0.3) is 11.1 Å². The molecule has 4 rings (SSSR count). The predicted octanol–water partition coefficient (Wildman–Crippen LogP) is 3.06. The Labute approximate surface area is 133 Å². The van der Waals surface area contributed by atoms with Crippen LogP contribution in [0.1, 0.15) is 40.6 Å². The molecule has 2 heterocycles. The molecule has 1 aromatic carbocycles. The van der Waals surface area contributed by atoms with Crippen molar-refractivity contribution in [2.75, 3.05) is 5.32 Å². The lowest BCUT2D eigenvalue weighted by molar-refractivity contribution is 0.102. The van der Waals surface area contributed by atoms with Gasteiger partial charge in [0.1, 0.15) is 11.2 Å². The van der Waals surface area contributed by atoms with Crippen LogP contribution in [0, 0.1) is 6.92 Å². The highest BCUT2D eigenvalue weighted by atomic mass is 16.3. The van der Waals surface area contributed by atoms with E-state index < -0.39 is 0 Å². The average Bonchev–Trinajstić information content (AvgIpc) is 2.93. The Morgan fingerprint density at radius 1 is 1.17 bits per heavy atom. The van der Waals surface area contributed by atoms with Gasteiger partial charge in [-0.1, -0.05) is 0 Å². The van der Waals surface area contributed by atoms with Gasteiger partial charge in [0, 0.05) is 18.7 Å². The number of aryl methyl sites for hydroxylation is 3. The van der Waals surface area contributed by atoms with E-state index in [0.717, 1.165) is 42.6 Å². The van der Waals surface area contributed by atoms with Gasteiger partial charge in [-0.25, -0.2) is 9.97 Å². The van der Waals surface area contributed by atoms with Gasteiger partial charge in [-0.05, 0) is 37.8 Å². The summed E-state index contributed by atoms with van der Waals surface area (Å²) in [7, 11) is 0. The highest BCUT2D eigenvalue weighted by molar-refractivity contribution is 6.03. The largest absolute Gasteiger partial charge is 0.441 e. The van der Waals surface area contributed by atoms with E-state index in [1.165, 1.54) is 0 Å². The molecule has 0 unspecified atom stereocenters. The molecule has 0 aliphatic heterocycles. The summed E-state index contributed by atoms with van der Waals surface area (Å²) in [5.74, 6) is 0.338. The van der Waals surface area contributed by atoms with Crippen LogP contribution in [0.5, 0.6) is 0 Å². The Morgan fingerprint density at radius 2 is 2.00 bits per heavy atom. The molecule has 0 spiro atoms. The molecule has 2 aromatic heterocycles. The van der Waals surface area contributed by atoms with Crippen molar-refractivity contribution < 1.29 is 9.21 Å². The fraction of sp³-hybridized carbons (Fsp3) is 0.294. The number of nitrogens with one attached hydrogen (secondary N) is 1. The zero-order valence-electron chi connectivity index (χ0n) is 12.8. The van der Waals surface area contributed by atoms with E-state index >= 15 is 0 Å². The molecule has 6 nitrogen and oxygen atoms in total. The second kappa shape index (κ2) is 5.46. The molecule has 1 N–H and O–H groups in total. The molecule has 1 aliphatic carbocycles. The maximum Gasteiger partial charge on any atom is 0.275 e. The summed E-state index contributed by atoms with van der Waals surface area (Å²) < 4.78 is 5.48. The molecule has 6 heteroatoms. The number of aromatic nitrogens is 3. The van der Waals surface area contributed by atoms with Crippen LogP contribution in [0.2, 0.25) is 0 Å². The van der Waals surface area contributed by atoms with E-state index in [0.29, 0.717) is 22.9 Å². The molecule has 1 amide bonds. The summed E-state index contributed by atoms with van der Waals surface area (Å²) in [6.07, 6.45) is 5.65.